The lowest BCUT2D eigenvalue weighted by Gasteiger charge is -2.29. The Morgan fingerprint density at radius 3 is 2.13 bits per heavy atom. The van der Waals surface area contributed by atoms with Gasteiger partial charge in [0.2, 0.25) is 0 Å². The highest BCUT2D eigenvalue weighted by atomic mass is 15.2. The predicted molar refractivity (Wildman–Crippen MR) is 271 cm³/mol. The van der Waals surface area contributed by atoms with E-state index in [0.717, 1.165) is 68.4 Å². The topological polar surface area (TPSA) is 32.5 Å². The zero-order chi connectivity index (χ0) is 43.8. The van der Waals surface area contributed by atoms with E-state index in [4.69, 9.17) is 0 Å². The number of anilines is 3. The second kappa shape index (κ2) is 25.3. The maximum atomic E-state index is 4.64. The molecular formula is C58H61N3. The molecule has 0 unspecified atom stereocenters. The van der Waals surface area contributed by atoms with Gasteiger partial charge in [0.15, 0.2) is 0 Å². The standard InChI is InChI=1S/C57H56N2.CH5N/c1-8-13-14-15-16-20-30-49(37-35-47-28-18-17-19-29-47)52-31-23-32-55(44-52)58-46(7)34-36-50(39-38-48(12-5)57(58)26-11-4)51-40-42-54(43-41-51)59(53(24-9-2)25-10-3)56-33-22-21-27-45(56)6;1-2/h8-37,39-44H,2,4,7,38H2,1,3,5-6H3;2H2,1H3/b13-8+,15-14-,20-16-,25-10-,36-34-,37-35+,48-12-,49-30+,50-39+,53-24+,57-26+;. The van der Waals surface area contributed by atoms with Crippen LogP contribution in [-0.2, 0) is 0 Å². The van der Waals surface area contributed by atoms with Crippen molar-refractivity contribution in [1.29, 1.82) is 0 Å². The van der Waals surface area contributed by atoms with Crippen LogP contribution in [0.5, 0.6) is 0 Å². The molecule has 0 aromatic heterocycles. The van der Waals surface area contributed by atoms with Crippen LogP contribution in [0.4, 0.5) is 17.1 Å². The van der Waals surface area contributed by atoms with Gasteiger partial charge in [-0.3, -0.25) is 0 Å². The summed E-state index contributed by atoms with van der Waals surface area (Å²) in [4.78, 5) is 4.52. The molecule has 1 heterocycles. The van der Waals surface area contributed by atoms with Gasteiger partial charge < -0.3 is 15.5 Å². The van der Waals surface area contributed by atoms with Gasteiger partial charge in [-0.2, -0.15) is 0 Å². The molecule has 3 nitrogen and oxygen atoms in total. The quantitative estimate of drug-likeness (QED) is 0.129. The lowest BCUT2D eigenvalue weighted by Crippen LogP contribution is -2.21. The molecule has 0 fully saturated rings. The zero-order valence-corrected chi connectivity index (χ0v) is 36.6. The second-order valence-electron chi connectivity index (χ2n) is 13.8. The molecule has 1 aliphatic heterocycles. The Hall–Kier alpha value is -7.20. The number of para-hydroxylation sites is 1. The molecule has 0 saturated carbocycles. The van der Waals surface area contributed by atoms with Gasteiger partial charge in [-0.05, 0) is 135 Å². The Morgan fingerprint density at radius 1 is 0.721 bits per heavy atom. The van der Waals surface area contributed by atoms with Crippen molar-refractivity contribution in [2.75, 3.05) is 16.8 Å². The van der Waals surface area contributed by atoms with Crippen LogP contribution in [0.25, 0.3) is 17.2 Å². The molecule has 0 spiro atoms. The zero-order valence-electron chi connectivity index (χ0n) is 36.6. The van der Waals surface area contributed by atoms with E-state index in [1.54, 1.807) is 0 Å². The normalized spacial score (nSPS) is 16.8. The highest BCUT2D eigenvalue weighted by Gasteiger charge is 2.20. The molecule has 61 heavy (non-hydrogen) atoms. The summed E-state index contributed by atoms with van der Waals surface area (Å²) in [6.45, 7) is 21.1. The van der Waals surface area contributed by atoms with Gasteiger partial charge in [-0.1, -0.05) is 184 Å². The molecule has 2 N–H and O–H groups in total. The molecule has 0 radical (unpaired) electrons. The summed E-state index contributed by atoms with van der Waals surface area (Å²) in [5, 5.41) is 0. The van der Waals surface area contributed by atoms with Crippen molar-refractivity contribution in [1.82, 2.24) is 0 Å². The fourth-order valence-corrected chi connectivity index (χ4v) is 6.86. The minimum absolute atomic E-state index is 0.723. The summed E-state index contributed by atoms with van der Waals surface area (Å²) in [6.07, 6.45) is 40.2. The van der Waals surface area contributed by atoms with Gasteiger partial charge >= 0.3 is 0 Å². The Kier molecular flexibility index (Phi) is 19.3. The van der Waals surface area contributed by atoms with E-state index < -0.39 is 0 Å². The van der Waals surface area contributed by atoms with Crippen molar-refractivity contribution in [3.05, 3.63) is 277 Å². The molecule has 0 amide bonds. The van der Waals surface area contributed by atoms with Crippen molar-refractivity contribution in [3.8, 4) is 0 Å². The van der Waals surface area contributed by atoms with Crippen LogP contribution < -0.4 is 15.5 Å². The number of allylic oxidation sites excluding steroid dienone is 21. The van der Waals surface area contributed by atoms with Crippen LogP contribution in [0.2, 0.25) is 0 Å². The summed E-state index contributed by atoms with van der Waals surface area (Å²) in [7, 11) is 1.50. The van der Waals surface area contributed by atoms with E-state index in [2.05, 4.69) is 219 Å². The number of nitrogens with zero attached hydrogens (tertiary/aromatic N) is 2. The smallest absolute Gasteiger partial charge is 0.0493 e. The third-order valence-corrected chi connectivity index (χ3v) is 9.78. The van der Waals surface area contributed by atoms with Crippen molar-refractivity contribution in [3.63, 3.8) is 0 Å². The first-order valence-electron chi connectivity index (χ1n) is 20.8. The minimum Gasteiger partial charge on any atom is -0.333 e. The van der Waals surface area contributed by atoms with E-state index in [9.17, 15) is 0 Å². The lowest BCUT2D eigenvalue weighted by molar-refractivity contribution is 1.07. The summed E-state index contributed by atoms with van der Waals surface area (Å²) in [5.74, 6) is 0. The second-order valence-corrected chi connectivity index (χ2v) is 13.8. The average Bonchev–Trinajstić information content (AvgIpc) is 3.35. The number of nitrogens with two attached hydrogens (primary N) is 1. The summed E-state index contributed by atoms with van der Waals surface area (Å²) >= 11 is 0. The van der Waals surface area contributed by atoms with E-state index in [1.165, 1.54) is 18.2 Å². The van der Waals surface area contributed by atoms with Crippen molar-refractivity contribution < 1.29 is 0 Å². The molecule has 1 aliphatic rings. The molecule has 0 atom stereocenters. The number of benzene rings is 4. The summed E-state index contributed by atoms with van der Waals surface area (Å²) in [6, 6.07) is 36.3. The molecule has 0 aliphatic carbocycles. The third kappa shape index (κ3) is 13.1. The van der Waals surface area contributed by atoms with Crippen molar-refractivity contribution in [2.45, 2.75) is 34.1 Å². The van der Waals surface area contributed by atoms with Crippen LogP contribution in [0.3, 0.4) is 0 Å². The van der Waals surface area contributed by atoms with Gasteiger partial charge in [-0.15, -0.1) is 0 Å². The van der Waals surface area contributed by atoms with Gasteiger partial charge in [0.25, 0.3) is 0 Å². The SMILES string of the molecule is C=C/C=C1\C(=C/C)C/C=C(c2ccc(N(C(/C=C\C)=C/C=C)c3ccccc3C)cc2)\C=C/C(=C)N1c1cccc(C(/C=C/c2ccccc2)=C/C=C\C=C/C=C/C)c1.CN. The molecule has 0 bridgehead atoms. The van der Waals surface area contributed by atoms with Crippen molar-refractivity contribution in [2.24, 2.45) is 5.73 Å². The number of hydrogen-bond acceptors (Lipinski definition) is 3. The molecule has 0 saturated heterocycles. The Morgan fingerprint density at radius 2 is 1.44 bits per heavy atom. The number of aryl methyl sites for hydroxylation is 1. The average molecular weight is 800 g/mol. The largest absolute Gasteiger partial charge is 0.333 e. The molecule has 308 valence electrons. The molecule has 5 rings (SSSR count). The van der Waals surface area contributed by atoms with E-state index in [-0.39, 0.29) is 0 Å². The van der Waals surface area contributed by atoms with E-state index in [0.29, 0.717) is 0 Å². The summed E-state index contributed by atoms with van der Waals surface area (Å²) in [5.41, 5.74) is 18.5. The summed E-state index contributed by atoms with van der Waals surface area (Å²) < 4.78 is 0. The Balaban J connectivity index is 0.00000403. The highest BCUT2D eigenvalue weighted by molar-refractivity contribution is 5.83. The van der Waals surface area contributed by atoms with E-state index >= 15 is 0 Å². The van der Waals surface area contributed by atoms with Crippen LogP contribution in [-0.4, -0.2) is 7.05 Å². The van der Waals surface area contributed by atoms with E-state index in [1.807, 2.05) is 62.4 Å². The van der Waals surface area contributed by atoms with Crippen LogP contribution in [0.1, 0.15) is 49.4 Å². The maximum Gasteiger partial charge on any atom is 0.0493 e. The van der Waals surface area contributed by atoms with Crippen LogP contribution >= 0.6 is 0 Å². The molecule has 4 aromatic carbocycles. The fraction of sp³-hybridized carbons (Fsp3) is 0.103. The van der Waals surface area contributed by atoms with Crippen molar-refractivity contribution >= 4 is 34.3 Å². The number of hydrogen-bond donors (Lipinski definition) is 1. The maximum absolute atomic E-state index is 4.64. The first kappa shape index (κ1) is 46.5. The van der Waals surface area contributed by atoms with Gasteiger partial charge in [0.05, 0.1) is 0 Å². The Bertz CT molecular complexity index is 2430. The monoisotopic (exact) mass is 799 g/mol. The minimum atomic E-state index is 0.723. The third-order valence-electron chi connectivity index (χ3n) is 9.78. The first-order chi connectivity index (χ1) is 29.9. The number of rotatable bonds is 14. The molecular weight excluding hydrogens is 739 g/mol. The molecule has 3 heteroatoms. The van der Waals surface area contributed by atoms with Gasteiger partial charge in [0, 0.05) is 34.2 Å². The fourth-order valence-electron chi connectivity index (χ4n) is 6.86. The lowest BCUT2D eigenvalue weighted by atomic mass is 9.99. The first-order valence-corrected chi connectivity index (χ1v) is 20.8. The Labute approximate surface area is 366 Å². The van der Waals surface area contributed by atoms with Crippen LogP contribution in [0, 0.1) is 6.92 Å². The predicted octanol–water partition coefficient (Wildman–Crippen LogP) is 15.5. The molecule has 4 aromatic rings. The van der Waals surface area contributed by atoms with Gasteiger partial charge in [-0.25, -0.2) is 0 Å². The van der Waals surface area contributed by atoms with Gasteiger partial charge in [0.1, 0.15) is 0 Å². The highest BCUT2D eigenvalue weighted by Crippen LogP contribution is 2.37. The van der Waals surface area contributed by atoms with Crippen LogP contribution in [0.15, 0.2) is 255 Å².